The Morgan fingerprint density at radius 3 is 2.61 bits per heavy atom. The van der Waals surface area contributed by atoms with Crippen LogP contribution in [0.15, 0.2) is 18.2 Å². The molecule has 1 fully saturated rings. The molecule has 0 saturated carbocycles. The Balaban J connectivity index is 1.95. The fourth-order valence-electron chi connectivity index (χ4n) is 1.97. The van der Waals surface area contributed by atoms with Gasteiger partial charge in [0.05, 0.1) is 0 Å². The SMILES string of the molecule is [CH2]C(=O)N1CCC(Oc2cc(F)ccc2F)CC1. The van der Waals surface area contributed by atoms with Crippen LogP contribution >= 0.6 is 0 Å². The molecule has 0 atom stereocenters. The van der Waals surface area contributed by atoms with Crippen LogP contribution in [-0.4, -0.2) is 30.0 Å². The Labute approximate surface area is 104 Å². The summed E-state index contributed by atoms with van der Waals surface area (Å²) in [6, 6.07) is 3.12. The number of halogens is 2. The van der Waals surface area contributed by atoms with E-state index in [1.807, 2.05) is 0 Å². The normalized spacial score (nSPS) is 16.7. The molecule has 2 rings (SSSR count). The van der Waals surface area contributed by atoms with Crippen molar-refractivity contribution in [3.05, 3.63) is 36.8 Å². The Morgan fingerprint density at radius 2 is 2.00 bits per heavy atom. The van der Waals surface area contributed by atoms with Gasteiger partial charge in [-0.25, -0.2) is 8.78 Å². The highest BCUT2D eigenvalue weighted by molar-refractivity contribution is 5.80. The van der Waals surface area contributed by atoms with Gasteiger partial charge in [-0.3, -0.25) is 4.79 Å². The summed E-state index contributed by atoms with van der Waals surface area (Å²) in [6.45, 7) is 4.40. The van der Waals surface area contributed by atoms with Crippen LogP contribution in [0.5, 0.6) is 5.75 Å². The van der Waals surface area contributed by atoms with Crippen molar-refractivity contribution in [3.8, 4) is 5.75 Å². The number of amides is 1. The summed E-state index contributed by atoms with van der Waals surface area (Å²) in [7, 11) is 0. The standard InChI is InChI=1S/C13H14F2NO2/c1-9(17)16-6-4-11(5-7-16)18-13-8-10(14)2-3-12(13)15/h2-3,8,11H,1,4-7H2. The van der Waals surface area contributed by atoms with E-state index >= 15 is 0 Å². The zero-order valence-corrected chi connectivity index (χ0v) is 9.86. The van der Waals surface area contributed by atoms with Gasteiger partial charge in [0.2, 0.25) is 5.91 Å². The maximum Gasteiger partial charge on any atom is 0.223 e. The van der Waals surface area contributed by atoms with Crippen LogP contribution < -0.4 is 4.74 Å². The monoisotopic (exact) mass is 254 g/mol. The van der Waals surface area contributed by atoms with E-state index in [0.29, 0.717) is 25.9 Å². The number of piperidine rings is 1. The molecule has 0 aliphatic carbocycles. The summed E-state index contributed by atoms with van der Waals surface area (Å²) >= 11 is 0. The highest BCUT2D eigenvalue weighted by atomic mass is 19.1. The minimum Gasteiger partial charge on any atom is -0.487 e. The summed E-state index contributed by atoms with van der Waals surface area (Å²) in [5.74, 6) is -1.40. The van der Waals surface area contributed by atoms with Crippen LogP contribution in [-0.2, 0) is 4.79 Å². The molecule has 1 aliphatic rings. The molecule has 0 spiro atoms. The van der Waals surface area contributed by atoms with Crippen molar-refractivity contribution in [1.29, 1.82) is 0 Å². The van der Waals surface area contributed by atoms with Gasteiger partial charge in [0, 0.05) is 38.9 Å². The second kappa shape index (κ2) is 5.33. The lowest BCUT2D eigenvalue weighted by atomic mass is 10.1. The lowest BCUT2D eigenvalue weighted by molar-refractivity contribution is -0.128. The first kappa shape index (κ1) is 12.8. The highest BCUT2D eigenvalue weighted by Gasteiger charge is 2.22. The highest BCUT2D eigenvalue weighted by Crippen LogP contribution is 2.23. The van der Waals surface area contributed by atoms with Crippen LogP contribution in [0.3, 0.4) is 0 Å². The zero-order chi connectivity index (χ0) is 13.1. The third-order valence-electron chi connectivity index (χ3n) is 2.98. The molecule has 1 saturated heterocycles. The molecular weight excluding hydrogens is 240 g/mol. The van der Waals surface area contributed by atoms with E-state index in [-0.39, 0.29) is 17.8 Å². The topological polar surface area (TPSA) is 29.5 Å². The van der Waals surface area contributed by atoms with Crippen LogP contribution in [0.25, 0.3) is 0 Å². The Hall–Kier alpha value is -1.65. The van der Waals surface area contributed by atoms with Crippen molar-refractivity contribution in [2.24, 2.45) is 0 Å². The number of ether oxygens (including phenoxy) is 1. The van der Waals surface area contributed by atoms with Crippen molar-refractivity contribution in [2.45, 2.75) is 18.9 Å². The van der Waals surface area contributed by atoms with E-state index in [0.717, 1.165) is 18.2 Å². The molecule has 5 heteroatoms. The molecule has 1 aromatic carbocycles. The largest absolute Gasteiger partial charge is 0.487 e. The fourth-order valence-corrected chi connectivity index (χ4v) is 1.97. The van der Waals surface area contributed by atoms with E-state index in [1.165, 1.54) is 0 Å². The first-order valence-electron chi connectivity index (χ1n) is 5.79. The summed E-state index contributed by atoms with van der Waals surface area (Å²) in [6.07, 6.45) is 0.992. The summed E-state index contributed by atoms with van der Waals surface area (Å²) in [4.78, 5) is 12.6. The smallest absolute Gasteiger partial charge is 0.223 e. The Bertz CT molecular complexity index is 443. The molecule has 97 valence electrons. The van der Waals surface area contributed by atoms with Crippen molar-refractivity contribution in [1.82, 2.24) is 4.90 Å². The average molecular weight is 254 g/mol. The predicted molar refractivity (Wildman–Crippen MR) is 61.9 cm³/mol. The van der Waals surface area contributed by atoms with Gasteiger partial charge in [-0.2, -0.15) is 0 Å². The molecule has 0 N–H and O–H groups in total. The lowest BCUT2D eigenvalue weighted by Gasteiger charge is -2.31. The van der Waals surface area contributed by atoms with E-state index in [9.17, 15) is 13.6 Å². The van der Waals surface area contributed by atoms with Crippen LogP contribution in [0.1, 0.15) is 12.8 Å². The molecule has 1 aromatic rings. The van der Waals surface area contributed by atoms with Crippen molar-refractivity contribution >= 4 is 5.91 Å². The van der Waals surface area contributed by atoms with Gasteiger partial charge in [-0.05, 0) is 12.1 Å². The van der Waals surface area contributed by atoms with Gasteiger partial charge in [0.25, 0.3) is 0 Å². The third-order valence-corrected chi connectivity index (χ3v) is 2.98. The first-order chi connectivity index (χ1) is 8.56. The third kappa shape index (κ3) is 2.97. The van der Waals surface area contributed by atoms with Crippen LogP contribution in [0, 0.1) is 18.6 Å². The van der Waals surface area contributed by atoms with E-state index in [2.05, 4.69) is 6.92 Å². The molecular formula is C13H14F2NO2. The van der Waals surface area contributed by atoms with Gasteiger partial charge in [-0.1, -0.05) is 0 Å². The quantitative estimate of drug-likeness (QED) is 0.809. The molecule has 3 nitrogen and oxygen atoms in total. The minimum absolute atomic E-state index is 0.0746. The maximum atomic E-state index is 13.4. The van der Waals surface area contributed by atoms with Gasteiger partial charge < -0.3 is 9.64 Å². The zero-order valence-electron chi connectivity index (χ0n) is 9.86. The van der Waals surface area contributed by atoms with Crippen molar-refractivity contribution in [3.63, 3.8) is 0 Å². The fraction of sp³-hybridized carbons (Fsp3) is 0.385. The van der Waals surface area contributed by atoms with Gasteiger partial charge in [0.15, 0.2) is 11.6 Å². The molecule has 0 aromatic heterocycles. The molecule has 18 heavy (non-hydrogen) atoms. The van der Waals surface area contributed by atoms with Crippen LogP contribution in [0.2, 0.25) is 0 Å². The number of hydrogen-bond donors (Lipinski definition) is 0. The minimum atomic E-state index is -0.577. The second-order valence-corrected chi connectivity index (χ2v) is 4.27. The predicted octanol–water partition coefficient (Wildman–Crippen LogP) is 2.17. The molecule has 1 radical (unpaired) electrons. The number of likely N-dealkylation sites (tertiary alicyclic amines) is 1. The van der Waals surface area contributed by atoms with E-state index < -0.39 is 11.6 Å². The Morgan fingerprint density at radius 1 is 1.33 bits per heavy atom. The number of rotatable bonds is 2. The second-order valence-electron chi connectivity index (χ2n) is 4.27. The first-order valence-corrected chi connectivity index (χ1v) is 5.79. The maximum absolute atomic E-state index is 13.4. The molecule has 0 bridgehead atoms. The van der Waals surface area contributed by atoms with E-state index in [4.69, 9.17) is 4.74 Å². The molecule has 0 unspecified atom stereocenters. The van der Waals surface area contributed by atoms with Crippen molar-refractivity contribution in [2.75, 3.05) is 13.1 Å². The number of nitrogens with zero attached hydrogens (tertiary/aromatic N) is 1. The number of carbonyl (C=O) groups excluding carboxylic acids is 1. The lowest BCUT2D eigenvalue weighted by Crippen LogP contribution is -2.40. The number of carbonyl (C=O) groups is 1. The number of hydrogen-bond acceptors (Lipinski definition) is 2. The molecule has 1 aliphatic heterocycles. The van der Waals surface area contributed by atoms with Crippen LogP contribution in [0.4, 0.5) is 8.78 Å². The molecule has 1 heterocycles. The molecule has 1 amide bonds. The van der Waals surface area contributed by atoms with Gasteiger partial charge in [0.1, 0.15) is 11.9 Å². The van der Waals surface area contributed by atoms with Gasteiger partial charge >= 0.3 is 0 Å². The summed E-state index contributed by atoms with van der Waals surface area (Å²) in [5, 5.41) is 0. The Kier molecular flexibility index (Phi) is 3.79. The average Bonchev–Trinajstić information content (AvgIpc) is 2.34. The summed E-state index contributed by atoms with van der Waals surface area (Å²) < 4.78 is 31.7. The number of benzene rings is 1. The van der Waals surface area contributed by atoms with Crippen molar-refractivity contribution < 1.29 is 18.3 Å². The van der Waals surface area contributed by atoms with Gasteiger partial charge in [-0.15, -0.1) is 0 Å². The van der Waals surface area contributed by atoms with E-state index in [1.54, 1.807) is 4.90 Å². The summed E-state index contributed by atoms with van der Waals surface area (Å²) in [5.41, 5.74) is 0.